The second-order valence-corrected chi connectivity index (χ2v) is 4.97. The van der Waals surface area contributed by atoms with Gasteiger partial charge in [0.1, 0.15) is 0 Å². The summed E-state index contributed by atoms with van der Waals surface area (Å²) >= 11 is 3.33. The molecule has 0 atom stereocenters. The molecule has 6 heteroatoms. The first-order chi connectivity index (χ1) is 9.63. The molecular formula is C14H7BrF2N2O. The summed E-state index contributed by atoms with van der Waals surface area (Å²) in [6.45, 7) is 0. The minimum absolute atomic E-state index is 0.141. The van der Waals surface area contributed by atoms with Gasteiger partial charge in [-0.3, -0.25) is 0 Å². The lowest BCUT2D eigenvalue weighted by atomic mass is 10.2. The highest BCUT2D eigenvalue weighted by Crippen LogP contribution is 2.24. The molecule has 0 bridgehead atoms. The summed E-state index contributed by atoms with van der Waals surface area (Å²) in [5.74, 6) is -1.34. The van der Waals surface area contributed by atoms with Gasteiger partial charge in [-0.05, 0) is 42.5 Å². The highest BCUT2D eigenvalue weighted by molar-refractivity contribution is 9.10. The van der Waals surface area contributed by atoms with E-state index < -0.39 is 11.6 Å². The Morgan fingerprint density at radius 3 is 2.30 bits per heavy atom. The molecule has 0 aliphatic rings. The molecule has 0 spiro atoms. The van der Waals surface area contributed by atoms with Crippen LogP contribution in [-0.2, 0) is 0 Å². The molecule has 0 fully saturated rings. The molecule has 1 heterocycles. The van der Waals surface area contributed by atoms with Crippen molar-refractivity contribution >= 4 is 15.9 Å². The van der Waals surface area contributed by atoms with Gasteiger partial charge in [0.05, 0.1) is 0 Å². The largest absolute Gasteiger partial charge is 0.334 e. The summed E-state index contributed by atoms with van der Waals surface area (Å²) in [4.78, 5) is 4.17. The van der Waals surface area contributed by atoms with E-state index in [1.54, 1.807) is 0 Å². The van der Waals surface area contributed by atoms with Crippen LogP contribution in [0, 0.1) is 11.6 Å². The van der Waals surface area contributed by atoms with E-state index in [0.717, 1.165) is 22.2 Å². The van der Waals surface area contributed by atoms with E-state index in [2.05, 4.69) is 26.1 Å². The van der Waals surface area contributed by atoms with Crippen molar-refractivity contribution in [3.63, 3.8) is 0 Å². The summed E-state index contributed by atoms with van der Waals surface area (Å²) in [6.07, 6.45) is 0. The summed E-state index contributed by atoms with van der Waals surface area (Å²) in [5, 5.41) is 3.83. The average Bonchev–Trinajstić information content (AvgIpc) is 2.92. The maximum absolute atomic E-state index is 13.2. The molecule has 0 radical (unpaired) electrons. The second-order valence-electron chi connectivity index (χ2n) is 4.06. The zero-order valence-electron chi connectivity index (χ0n) is 9.98. The van der Waals surface area contributed by atoms with Crippen LogP contribution in [0.3, 0.4) is 0 Å². The first-order valence-corrected chi connectivity index (χ1v) is 6.48. The van der Waals surface area contributed by atoms with Crippen molar-refractivity contribution in [3.05, 3.63) is 58.6 Å². The van der Waals surface area contributed by atoms with E-state index in [-0.39, 0.29) is 5.89 Å². The minimum atomic E-state index is -0.953. The molecule has 100 valence electrons. The molecule has 0 saturated heterocycles. The van der Waals surface area contributed by atoms with E-state index in [0.29, 0.717) is 11.4 Å². The van der Waals surface area contributed by atoms with Crippen LogP contribution in [0.5, 0.6) is 0 Å². The standard InChI is InChI=1S/C14H7BrF2N2O/c15-10-4-1-8(2-5-10)13-18-14(20-19-13)9-3-6-11(16)12(17)7-9/h1-7H. The Balaban J connectivity index is 1.97. The Hall–Kier alpha value is -2.08. The maximum atomic E-state index is 13.2. The topological polar surface area (TPSA) is 38.9 Å². The molecule has 0 unspecified atom stereocenters. The fourth-order valence-corrected chi connectivity index (χ4v) is 1.95. The Kier molecular flexibility index (Phi) is 3.31. The Labute approximate surface area is 121 Å². The van der Waals surface area contributed by atoms with Crippen molar-refractivity contribution in [2.75, 3.05) is 0 Å². The van der Waals surface area contributed by atoms with E-state index in [1.165, 1.54) is 6.07 Å². The smallest absolute Gasteiger partial charge is 0.258 e. The number of nitrogens with zero attached hydrogens (tertiary/aromatic N) is 2. The Morgan fingerprint density at radius 1 is 0.900 bits per heavy atom. The molecular weight excluding hydrogens is 330 g/mol. The summed E-state index contributed by atoms with van der Waals surface area (Å²) in [6, 6.07) is 10.8. The third-order valence-electron chi connectivity index (χ3n) is 2.69. The lowest BCUT2D eigenvalue weighted by molar-refractivity contribution is 0.431. The monoisotopic (exact) mass is 336 g/mol. The van der Waals surface area contributed by atoms with Gasteiger partial charge in [-0.1, -0.05) is 21.1 Å². The van der Waals surface area contributed by atoms with Gasteiger partial charge >= 0.3 is 0 Å². The van der Waals surface area contributed by atoms with Crippen LogP contribution in [-0.4, -0.2) is 10.1 Å². The summed E-state index contributed by atoms with van der Waals surface area (Å²) < 4.78 is 32.0. The van der Waals surface area contributed by atoms with Crippen molar-refractivity contribution < 1.29 is 13.3 Å². The van der Waals surface area contributed by atoms with Gasteiger partial charge in [-0.15, -0.1) is 0 Å². The molecule has 3 aromatic rings. The highest BCUT2D eigenvalue weighted by atomic mass is 79.9. The molecule has 1 aromatic heterocycles. The number of hydrogen-bond acceptors (Lipinski definition) is 3. The lowest BCUT2D eigenvalue weighted by Crippen LogP contribution is -1.85. The van der Waals surface area contributed by atoms with Gasteiger partial charge in [0.15, 0.2) is 11.6 Å². The molecule has 0 amide bonds. The van der Waals surface area contributed by atoms with E-state index >= 15 is 0 Å². The number of aromatic nitrogens is 2. The van der Waals surface area contributed by atoms with Gasteiger partial charge < -0.3 is 4.52 Å². The first-order valence-electron chi connectivity index (χ1n) is 5.68. The molecule has 0 N–H and O–H groups in total. The molecule has 3 nitrogen and oxygen atoms in total. The molecule has 20 heavy (non-hydrogen) atoms. The molecule has 3 rings (SSSR count). The van der Waals surface area contributed by atoms with E-state index in [1.807, 2.05) is 24.3 Å². The molecule has 0 aliphatic carbocycles. The van der Waals surface area contributed by atoms with Gasteiger partial charge in [-0.25, -0.2) is 8.78 Å². The number of hydrogen-bond donors (Lipinski definition) is 0. The van der Waals surface area contributed by atoms with Crippen molar-refractivity contribution in [1.29, 1.82) is 0 Å². The zero-order chi connectivity index (χ0) is 14.1. The van der Waals surface area contributed by atoms with Crippen molar-refractivity contribution in [3.8, 4) is 22.8 Å². The average molecular weight is 337 g/mol. The third-order valence-corrected chi connectivity index (χ3v) is 3.22. The zero-order valence-corrected chi connectivity index (χ0v) is 11.6. The van der Waals surface area contributed by atoms with Crippen molar-refractivity contribution in [2.45, 2.75) is 0 Å². The Bertz CT molecular complexity index is 756. The van der Waals surface area contributed by atoms with Crippen LogP contribution in [0.1, 0.15) is 0 Å². The van der Waals surface area contributed by atoms with E-state index in [4.69, 9.17) is 4.52 Å². The van der Waals surface area contributed by atoms with Crippen LogP contribution in [0.4, 0.5) is 8.78 Å². The van der Waals surface area contributed by atoms with Crippen LogP contribution < -0.4 is 0 Å². The fourth-order valence-electron chi connectivity index (χ4n) is 1.69. The Morgan fingerprint density at radius 2 is 1.60 bits per heavy atom. The lowest BCUT2D eigenvalue weighted by Gasteiger charge is -1.95. The third kappa shape index (κ3) is 2.46. The number of halogens is 3. The van der Waals surface area contributed by atoms with Crippen molar-refractivity contribution in [2.24, 2.45) is 0 Å². The predicted octanol–water partition coefficient (Wildman–Crippen LogP) is 4.44. The number of rotatable bonds is 2. The second kappa shape index (κ2) is 5.13. The predicted molar refractivity (Wildman–Crippen MR) is 72.8 cm³/mol. The molecule has 0 aliphatic heterocycles. The quantitative estimate of drug-likeness (QED) is 0.694. The normalized spacial score (nSPS) is 10.8. The summed E-state index contributed by atoms with van der Waals surface area (Å²) in [7, 11) is 0. The maximum Gasteiger partial charge on any atom is 0.258 e. The van der Waals surface area contributed by atoms with E-state index in [9.17, 15) is 8.78 Å². The van der Waals surface area contributed by atoms with Gasteiger partial charge in [0, 0.05) is 15.6 Å². The fraction of sp³-hybridized carbons (Fsp3) is 0. The van der Waals surface area contributed by atoms with Gasteiger partial charge in [-0.2, -0.15) is 4.98 Å². The van der Waals surface area contributed by atoms with Gasteiger partial charge in [0.25, 0.3) is 5.89 Å². The van der Waals surface area contributed by atoms with Crippen LogP contribution >= 0.6 is 15.9 Å². The van der Waals surface area contributed by atoms with Crippen LogP contribution in [0.25, 0.3) is 22.8 Å². The molecule has 2 aromatic carbocycles. The van der Waals surface area contributed by atoms with Crippen molar-refractivity contribution in [1.82, 2.24) is 10.1 Å². The van der Waals surface area contributed by atoms with Crippen LogP contribution in [0.15, 0.2) is 51.5 Å². The van der Waals surface area contributed by atoms with Crippen LogP contribution in [0.2, 0.25) is 0 Å². The summed E-state index contributed by atoms with van der Waals surface area (Å²) in [5.41, 5.74) is 1.10. The molecule has 0 saturated carbocycles. The number of benzene rings is 2. The first kappa shape index (κ1) is 12.9. The minimum Gasteiger partial charge on any atom is -0.334 e. The SMILES string of the molecule is Fc1ccc(-c2nc(-c3ccc(Br)cc3)no2)cc1F. The highest BCUT2D eigenvalue weighted by Gasteiger charge is 2.12. The van der Waals surface area contributed by atoms with Gasteiger partial charge in [0.2, 0.25) is 5.82 Å².